The van der Waals surface area contributed by atoms with E-state index in [1.807, 2.05) is 0 Å². The zero-order valence-corrected chi connectivity index (χ0v) is 15.4. The first-order valence-electron chi connectivity index (χ1n) is 9.17. The second-order valence-corrected chi connectivity index (χ2v) is 7.28. The van der Waals surface area contributed by atoms with Crippen LogP contribution >= 0.6 is 0 Å². The number of carbonyl (C=O) groups excluding carboxylic acids is 2. The molecule has 3 aromatic rings. The fourth-order valence-corrected chi connectivity index (χ4v) is 4.19. The van der Waals surface area contributed by atoms with Crippen molar-refractivity contribution in [2.75, 3.05) is 0 Å². The lowest BCUT2D eigenvalue weighted by Gasteiger charge is -2.31. The van der Waals surface area contributed by atoms with E-state index in [1.54, 1.807) is 25.1 Å². The summed E-state index contributed by atoms with van der Waals surface area (Å²) in [6.07, 6.45) is 0.644. The molecule has 0 saturated heterocycles. The summed E-state index contributed by atoms with van der Waals surface area (Å²) < 4.78 is 6.57. The molecule has 5 rings (SSSR count). The van der Waals surface area contributed by atoms with Crippen molar-refractivity contribution in [1.82, 2.24) is 9.55 Å². The van der Waals surface area contributed by atoms with Crippen LogP contribution in [0.5, 0.6) is 5.75 Å². The Labute approximate surface area is 164 Å². The third-order valence-electron chi connectivity index (χ3n) is 5.83. The first kappa shape index (κ1) is 17.6. The van der Waals surface area contributed by atoms with E-state index in [0.717, 1.165) is 0 Å². The number of hydrogen-bond donors (Lipinski definition) is 2. The van der Waals surface area contributed by atoms with E-state index in [0.29, 0.717) is 34.1 Å². The molecule has 0 spiro atoms. The molecule has 0 bridgehead atoms. The van der Waals surface area contributed by atoms with E-state index in [9.17, 15) is 24.6 Å². The molecule has 2 aromatic heterocycles. The maximum atomic E-state index is 13.1. The normalized spacial score (nSPS) is 19.4. The van der Waals surface area contributed by atoms with Crippen molar-refractivity contribution >= 4 is 23.2 Å². The van der Waals surface area contributed by atoms with Gasteiger partial charge in [-0.15, -0.1) is 0 Å². The number of nitrogens with zero attached hydrogens (tertiary/aromatic N) is 2. The highest BCUT2D eigenvalue weighted by Gasteiger charge is 2.45. The molecular formula is C21H16N2O6. The molecule has 1 aromatic carbocycles. The summed E-state index contributed by atoms with van der Waals surface area (Å²) in [7, 11) is 0. The number of aromatic hydroxyl groups is 1. The quantitative estimate of drug-likeness (QED) is 0.393. The summed E-state index contributed by atoms with van der Waals surface area (Å²) in [4.78, 5) is 41.3. The summed E-state index contributed by atoms with van der Waals surface area (Å²) in [5.74, 6) is -0.909. The third kappa shape index (κ3) is 2.17. The van der Waals surface area contributed by atoms with Crippen molar-refractivity contribution in [2.45, 2.75) is 32.1 Å². The van der Waals surface area contributed by atoms with Gasteiger partial charge in [0.05, 0.1) is 34.6 Å². The van der Waals surface area contributed by atoms with Gasteiger partial charge in [-0.3, -0.25) is 9.59 Å². The Morgan fingerprint density at radius 3 is 2.83 bits per heavy atom. The van der Waals surface area contributed by atoms with Crippen LogP contribution in [-0.4, -0.2) is 32.0 Å². The number of aldehydes is 1. The minimum absolute atomic E-state index is 0.0711. The van der Waals surface area contributed by atoms with Crippen LogP contribution in [0.2, 0.25) is 0 Å². The van der Waals surface area contributed by atoms with Gasteiger partial charge in [0.15, 0.2) is 11.9 Å². The molecule has 0 aliphatic carbocycles. The number of aliphatic hydroxyl groups is 1. The van der Waals surface area contributed by atoms with Crippen LogP contribution in [0.15, 0.2) is 29.1 Å². The molecule has 29 heavy (non-hydrogen) atoms. The first-order valence-corrected chi connectivity index (χ1v) is 9.17. The fourth-order valence-electron chi connectivity index (χ4n) is 4.19. The number of pyridine rings is 2. The highest BCUT2D eigenvalue weighted by atomic mass is 16.6. The zero-order valence-electron chi connectivity index (χ0n) is 15.4. The first-order chi connectivity index (χ1) is 13.9. The average molecular weight is 392 g/mol. The monoisotopic (exact) mass is 392 g/mol. The summed E-state index contributed by atoms with van der Waals surface area (Å²) in [5.41, 5.74) is 0.647. The Morgan fingerprint density at radius 2 is 2.10 bits per heavy atom. The summed E-state index contributed by atoms with van der Waals surface area (Å²) in [5, 5.41) is 21.3. The number of ether oxygens (including phenoxy) is 1. The molecule has 8 heteroatoms. The molecule has 0 fully saturated rings. The van der Waals surface area contributed by atoms with Gasteiger partial charge in [-0.1, -0.05) is 6.92 Å². The number of aromatic nitrogens is 2. The van der Waals surface area contributed by atoms with Crippen LogP contribution in [0.1, 0.15) is 40.4 Å². The van der Waals surface area contributed by atoms with Gasteiger partial charge >= 0.3 is 5.97 Å². The molecule has 2 aliphatic heterocycles. The number of fused-ring (bicyclic) bond motifs is 5. The highest BCUT2D eigenvalue weighted by molar-refractivity contribution is 6.00. The molecule has 146 valence electrons. The molecule has 0 amide bonds. The Bertz CT molecular complexity index is 1310. The molecule has 0 saturated carbocycles. The Balaban J connectivity index is 1.80. The minimum Gasteiger partial charge on any atom is -0.507 e. The standard InChI is InChI=1S/C21H16N2O6/c1-2-21(28)14-6-16-18-10(7-23(16)19(26)13(14)9-29-20(21)27)5-11-12(8-24)17(25)4-3-15(11)22-18/h3-6,8,25,28H,2,7,9H2,1H3/t21-/m0/s1. The molecule has 2 aliphatic rings. The van der Waals surface area contributed by atoms with Crippen LogP contribution in [0.3, 0.4) is 0 Å². The molecule has 4 heterocycles. The van der Waals surface area contributed by atoms with E-state index >= 15 is 0 Å². The van der Waals surface area contributed by atoms with Gasteiger partial charge in [-0.05, 0) is 30.7 Å². The van der Waals surface area contributed by atoms with E-state index < -0.39 is 11.6 Å². The van der Waals surface area contributed by atoms with Gasteiger partial charge in [0.25, 0.3) is 5.56 Å². The van der Waals surface area contributed by atoms with E-state index in [2.05, 4.69) is 4.98 Å². The molecule has 0 radical (unpaired) electrons. The Kier molecular flexibility index (Phi) is 3.48. The number of cyclic esters (lactones) is 1. The number of phenolic OH excluding ortho intramolecular Hbond substituents is 1. The number of benzene rings is 1. The second-order valence-electron chi connectivity index (χ2n) is 7.28. The third-order valence-corrected chi connectivity index (χ3v) is 5.83. The van der Waals surface area contributed by atoms with Crippen molar-refractivity contribution in [3.05, 3.63) is 56.9 Å². The lowest BCUT2D eigenvalue weighted by Crippen LogP contribution is -2.44. The SMILES string of the molecule is CC[C@@]1(O)C(=O)OCc2c1cc1n(c2=O)Cc2cc3c(C=O)c(O)ccc3nc2-1. The van der Waals surface area contributed by atoms with Crippen LogP contribution in [0, 0.1) is 0 Å². The van der Waals surface area contributed by atoms with E-state index in [1.165, 1.54) is 10.6 Å². The van der Waals surface area contributed by atoms with Gasteiger partial charge in [-0.25, -0.2) is 9.78 Å². The molecule has 1 atom stereocenters. The van der Waals surface area contributed by atoms with Gasteiger partial charge in [0.2, 0.25) is 0 Å². The number of phenols is 1. The fraction of sp³-hybridized carbons (Fsp3) is 0.238. The van der Waals surface area contributed by atoms with Crippen LogP contribution in [0.25, 0.3) is 22.3 Å². The molecule has 8 nitrogen and oxygen atoms in total. The smallest absolute Gasteiger partial charge is 0.343 e. The maximum absolute atomic E-state index is 13.1. The summed E-state index contributed by atoms with van der Waals surface area (Å²) >= 11 is 0. The van der Waals surface area contributed by atoms with Crippen molar-refractivity contribution in [3.63, 3.8) is 0 Å². The number of esters is 1. The lowest BCUT2D eigenvalue weighted by molar-refractivity contribution is -0.172. The van der Waals surface area contributed by atoms with Crippen LogP contribution in [-0.2, 0) is 28.3 Å². The molecule has 0 unspecified atom stereocenters. The van der Waals surface area contributed by atoms with Crippen molar-refractivity contribution in [1.29, 1.82) is 0 Å². The second kappa shape index (κ2) is 5.74. The largest absolute Gasteiger partial charge is 0.507 e. The number of rotatable bonds is 2. The van der Waals surface area contributed by atoms with E-state index in [4.69, 9.17) is 4.74 Å². The van der Waals surface area contributed by atoms with Crippen molar-refractivity contribution in [3.8, 4) is 17.1 Å². The predicted molar refractivity (Wildman–Crippen MR) is 102 cm³/mol. The summed E-state index contributed by atoms with van der Waals surface area (Å²) in [6.45, 7) is 1.69. The van der Waals surface area contributed by atoms with Crippen molar-refractivity contribution < 1.29 is 24.5 Å². The van der Waals surface area contributed by atoms with Gasteiger partial charge in [-0.2, -0.15) is 0 Å². The topological polar surface area (TPSA) is 119 Å². The van der Waals surface area contributed by atoms with Crippen molar-refractivity contribution in [2.24, 2.45) is 0 Å². The average Bonchev–Trinajstić information content (AvgIpc) is 3.08. The molecule has 2 N–H and O–H groups in total. The van der Waals surface area contributed by atoms with E-state index in [-0.39, 0.29) is 47.6 Å². The number of carbonyl (C=O) groups is 2. The Morgan fingerprint density at radius 1 is 1.31 bits per heavy atom. The predicted octanol–water partition coefficient (Wildman–Crippen LogP) is 1.60. The van der Waals surface area contributed by atoms with Crippen LogP contribution in [0.4, 0.5) is 0 Å². The lowest BCUT2D eigenvalue weighted by atomic mass is 9.86. The minimum atomic E-state index is -1.88. The molecular weight excluding hydrogens is 376 g/mol. The Hall–Kier alpha value is -3.52. The van der Waals surface area contributed by atoms with Gasteiger partial charge < -0.3 is 19.5 Å². The number of hydrogen-bond acceptors (Lipinski definition) is 7. The van der Waals surface area contributed by atoms with Gasteiger partial charge in [0, 0.05) is 16.5 Å². The van der Waals surface area contributed by atoms with Gasteiger partial charge in [0.1, 0.15) is 12.4 Å². The zero-order chi connectivity index (χ0) is 20.5. The highest BCUT2D eigenvalue weighted by Crippen LogP contribution is 2.39. The van der Waals surface area contributed by atoms with Crippen LogP contribution < -0.4 is 5.56 Å². The maximum Gasteiger partial charge on any atom is 0.343 e. The summed E-state index contributed by atoms with van der Waals surface area (Å²) in [6, 6.07) is 6.36.